The molecule has 0 aliphatic rings. The second-order valence-electron chi connectivity index (χ2n) is 3.92. The Bertz CT molecular complexity index is 438. The highest BCUT2D eigenvalue weighted by molar-refractivity contribution is 7.07. The number of hydrogen-bond acceptors (Lipinski definition) is 3. The summed E-state index contributed by atoms with van der Waals surface area (Å²) >= 11 is 7.55. The molecule has 0 amide bonds. The second-order valence-corrected chi connectivity index (χ2v) is 5.07. The largest absolute Gasteiger partial charge is 0.448 e. The molecule has 0 radical (unpaired) electrons. The first kappa shape index (κ1) is 12.7. The Hall–Kier alpha value is -0.770. The summed E-state index contributed by atoms with van der Waals surface area (Å²) in [6, 6.07) is 6.16. The van der Waals surface area contributed by atoms with Gasteiger partial charge in [-0.25, -0.2) is 0 Å². The molecule has 2 aromatic rings. The van der Waals surface area contributed by atoms with Crippen LogP contribution >= 0.6 is 22.9 Å². The van der Waals surface area contributed by atoms with E-state index in [0.717, 1.165) is 25.1 Å². The van der Waals surface area contributed by atoms with E-state index in [-0.39, 0.29) is 6.04 Å². The molecule has 0 aliphatic heterocycles. The Morgan fingerprint density at radius 1 is 1.41 bits per heavy atom. The number of rotatable bonds is 6. The van der Waals surface area contributed by atoms with E-state index >= 15 is 0 Å². The van der Waals surface area contributed by atoms with Gasteiger partial charge >= 0.3 is 0 Å². The molecule has 0 aliphatic carbocycles. The van der Waals surface area contributed by atoms with Crippen LogP contribution in [0.2, 0.25) is 5.22 Å². The van der Waals surface area contributed by atoms with E-state index in [1.54, 1.807) is 17.4 Å². The fourth-order valence-corrected chi connectivity index (χ4v) is 2.71. The first-order chi connectivity index (χ1) is 8.29. The molecular formula is C13H16ClNOS. The highest BCUT2D eigenvalue weighted by atomic mass is 35.5. The topological polar surface area (TPSA) is 25.2 Å². The van der Waals surface area contributed by atoms with Crippen LogP contribution in [0.15, 0.2) is 33.4 Å². The van der Waals surface area contributed by atoms with Crippen LogP contribution in [0.25, 0.3) is 0 Å². The molecule has 4 heteroatoms. The third-order valence-electron chi connectivity index (χ3n) is 2.69. The quantitative estimate of drug-likeness (QED) is 0.847. The molecule has 1 unspecified atom stereocenters. The van der Waals surface area contributed by atoms with Crippen molar-refractivity contribution in [1.29, 1.82) is 0 Å². The van der Waals surface area contributed by atoms with Crippen LogP contribution in [-0.4, -0.2) is 6.54 Å². The van der Waals surface area contributed by atoms with Crippen molar-refractivity contribution in [3.05, 3.63) is 45.5 Å². The predicted molar refractivity (Wildman–Crippen MR) is 72.8 cm³/mol. The van der Waals surface area contributed by atoms with Crippen LogP contribution in [-0.2, 0) is 6.42 Å². The van der Waals surface area contributed by atoms with Gasteiger partial charge in [0.25, 0.3) is 0 Å². The third kappa shape index (κ3) is 3.60. The van der Waals surface area contributed by atoms with Crippen molar-refractivity contribution < 1.29 is 4.42 Å². The van der Waals surface area contributed by atoms with Crippen molar-refractivity contribution in [2.24, 2.45) is 0 Å². The van der Waals surface area contributed by atoms with Gasteiger partial charge in [-0.05, 0) is 65.5 Å². The highest BCUT2D eigenvalue weighted by Crippen LogP contribution is 2.24. The van der Waals surface area contributed by atoms with Gasteiger partial charge in [0, 0.05) is 0 Å². The summed E-state index contributed by atoms with van der Waals surface area (Å²) in [6.45, 7) is 3.02. The van der Waals surface area contributed by atoms with Gasteiger partial charge in [0.05, 0.1) is 6.04 Å². The Labute approximate surface area is 111 Å². The van der Waals surface area contributed by atoms with Crippen molar-refractivity contribution in [2.45, 2.75) is 25.8 Å². The minimum absolute atomic E-state index is 0.243. The fraction of sp³-hybridized carbons (Fsp3) is 0.385. The van der Waals surface area contributed by atoms with Gasteiger partial charge < -0.3 is 9.73 Å². The molecule has 0 saturated carbocycles. The van der Waals surface area contributed by atoms with E-state index in [4.69, 9.17) is 16.0 Å². The van der Waals surface area contributed by atoms with Gasteiger partial charge in [-0.2, -0.15) is 11.3 Å². The molecule has 0 aromatic carbocycles. The maximum Gasteiger partial charge on any atom is 0.193 e. The zero-order valence-corrected chi connectivity index (χ0v) is 11.4. The molecule has 1 N–H and O–H groups in total. The van der Waals surface area contributed by atoms with Gasteiger partial charge in [0.15, 0.2) is 5.22 Å². The van der Waals surface area contributed by atoms with Gasteiger partial charge in [-0.3, -0.25) is 0 Å². The summed E-state index contributed by atoms with van der Waals surface area (Å²) in [5.74, 6) is 0.923. The van der Waals surface area contributed by atoms with Crippen LogP contribution in [0.1, 0.15) is 30.7 Å². The van der Waals surface area contributed by atoms with Crippen molar-refractivity contribution in [3.8, 4) is 0 Å². The zero-order chi connectivity index (χ0) is 12.1. The number of furan rings is 1. The lowest BCUT2D eigenvalue weighted by Crippen LogP contribution is -2.20. The number of aryl methyl sites for hydroxylation is 1. The van der Waals surface area contributed by atoms with Crippen molar-refractivity contribution in [3.63, 3.8) is 0 Å². The average Bonchev–Trinajstić information content (AvgIpc) is 2.95. The molecule has 0 bridgehead atoms. The molecule has 2 aromatic heterocycles. The molecule has 17 heavy (non-hydrogen) atoms. The molecule has 2 nitrogen and oxygen atoms in total. The maximum atomic E-state index is 5.81. The Morgan fingerprint density at radius 2 is 2.29 bits per heavy atom. The number of halogens is 1. The maximum absolute atomic E-state index is 5.81. The summed E-state index contributed by atoms with van der Waals surface area (Å²) in [7, 11) is 0. The van der Waals surface area contributed by atoms with Crippen LogP contribution in [0.4, 0.5) is 0 Å². The summed E-state index contributed by atoms with van der Waals surface area (Å²) in [5.41, 5.74) is 1.38. The van der Waals surface area contributed by atoms with Gasteiger partial charge in [0.2, 0.25) is 0 Å². The zero-order valence-electron chi connectivity index (χ0n) is 9.78. The van der Waals surface area contributed by atoms with Crippen LogP contribution in [0, 0.1) is 0 Å². The predicted octanol–water partition coefficient (Wildman–Crippen LogP) is 4.28. The Balaban J connectivity index is 1.97. The monoisotopic (exact) mass is 269 g/mol. The SMILES string of the molecule is CCNC(CCc1ccsc1)c1ccc(Cl)o1. The lowest BCUT2D eigenvalue weighted by atomic mass is 10.1. The van der Waals surface area contributed by atoms with Gasteiger partial charge in [0.1, 0.15) is 5.76 Å². The minimum Gasteiger partial charge on any atom is -0.448 e. The summed E-state index contributed by atoms with van der Waals surface area (Å²) < 4.78 is 5.47. The lowest BCUT2D eigenvalue weighted by Gasteiger charge is -2.14. The second kappa shape index (κ2) is 6.24. The number of hydrogen-bond donors (Lipinski definition) is 1. The third-order valence-corrected chi connectivity index (χ3v) is 3.62. The van der Waals surface area contributed by atoms with Crippen molar-refractivity contribution >= 4 is 22.9 Å². The molecular weight excluding hydrogens is 254 g/mol. The fourth-order valence-electron chi connectivity index (χ4n) is 1.85. The Morgan fingerprint density at radius 3 is 2.88 bits per heavy atom. The molecule has 92 valence electrons. The van der Waals surface area contributed by atoms with E-state index in [2.05, 4.69) is 29.1 Å². The number of nitrogens with one attached hydrogen (secondary N) is 1. The lowest BCUT2D eigenvalue weighted by molar-refractivity contribution is 0.402. The Kier molecular flexibility index (Phi) is 4.66. The van der Waals surface area contributed by atoms with E-state index < -0.39 is 0 Å². The molecule has 1 atom stereocenters. The summed E-state index contributed by atoms with van der Waals surface area (Å²) in [4.78, 5) is 0. The smallest absolute Gasteiger partial charge is 0.193 e. The molecule has 0 saturated heterocycles. The first-order valence-corrected chi connectivity index (χ1v) is 7.11. The van der Waals surface area contributed by atoms with Crippen molar-refractivity contribution in [2.75, 3.05) is 6.54 Å². The van der Waals surface area contributed by atoms with Gasteiger partial charge in [-0.1, -0.05) is 6.92 Å². The van der Waals surface area contributed by atoms with Crippen LogP contribution in [0.3, 0.4) is 0 Å². The molecule has 2 rings (SSSR count). The summed E-state index contributed by atoms with van der Waals surface area (Å²) in [5, 5.41) is 8.19. The van der Waals surface area contributed by atoms with E-state index in [1.807, 2.05) is 6.07 Å². The van der Waals surface area contributed by atoms with Gasteiger partial charge in [-0.15, -0.1) is 0 Å². The minimum atomic E-state index is 0.243. The highest BCUT2D eigenvalue weighted by Gasteiger charge is 2.14. The van der Waals surface area contributed by atoms with E-state index in [9.17, 15) is 0 Å². The first-order valence-electron chi connectivity index (χ1n) is 5.79. The molecule has 0 spiro atoms. The standard InChI is InChI=1S/C13H16ClNOS/c1-2-15-11(12-5-6-13(14)16-12)4-3-10-7-8-17-9-10/h5-9,11,15H,2-4H2,1H3. The summed E-state index contributed by atoms with van der Waals surface area (Å²) in [6.07, 6.45) is 2.08. The van der Waals surface area contributed by atoms with Crippen molar-refractivity contribution in [1.82, 2.24) is 5.32 Å². The molecule has 0 fully saturated rings. The van der Waals surface area contributed by atoms with E-state index in [0.29, 0.717) is 5.22 Å². The average molecular weight is 270 g/mol. The van der Waals surface area contributed by atoms with E-state index in [1.165, 1.54) is 5.56 Å². The number of thiophene rings is 1. The van der Waals surface area contributed by atoms with Crippen LogP contribution in [0.5, 0.6) is 0 Å². The van der Waals surface area contributed by atoms with Crippen LogP contribution < -0.4 is 5.32 Å². The normalized spacial score (nSPS) is 12.8. The molecule has 2 heterocycles.